The van der Waals surface area contributed by atoms with E-state index in [4.69, 9.17) is 0 Å². The number of halogens is 1. The van der Waals surface area contributed by atoms with Crippen molar-refractivity contribution in [2.24, 2.45) is 0 Å². The smallest absolute Gasteiger partial charge is 0.264 e. The monoisotopic (exact) mass is 599 g/mol. The van der Waals surface area contributed by atoms with Crippen molar-refractivity contribution in [2.45, 2.75) is 44.6 Å². The first-order valence-corrected chi connectivity index (χ1v) is 14.9. The third-order valence-corrected chi connectivity index (χ3v) is 8.54. The van der Waals surface area contributed by atoms with Gasteiger partial charge < -0.3 is 10.2 Å². The van der Waals surface area contributed by atoms with Gasteiger partial charge in [-0.25, -0.2) is 8.42 Å². The number of carbonyl (C=O) groups excluding carboxylic acids is 2. The predicted octanol–water partition coefficient (Wildman–Crippen LogP) is 4.94. The maximum atomic E-state index is 13.9. The van der Waals surface area contributed by atoms with Crippen LogP contribution in [0.5, 0.6) is 0 Å². The normalized spacial score (nSPS) is 12.0. The van der Waals surface area contributed by atoms with E-state index in [-0.39, 0.29) is 17.3 Å². The molecule has 0 fully saturated rings. The Hall–Kier alpha value is -3.17. The molecule has 0 saturated carbocycles. The Morgan fingerprint density at radius 3 is 2.13 bits per heavy atom. The second-order valence-corrected chi connectivity index (χ2v) is 11.7. The molecule has 0 aromatic heterocycles. The molecule has 3 aromatic carbocycles. The highest BCUT2D eigenvalue weighted by Crippen LogP contribution is 2.26. The van der Waals surface area contributed by atoms with E-state index < -0.39 is 28.5 Å². The third kappa shape index (κ3) is 7.45. The van der Waals surface area contributed by atoms with Crippen LogP contribution in [-0.2, 0) is 26.0 Å². The van der Waals surface area contributed by atoms with Gasteiger partial charge in [-0.3, -0.25) is 13.9 Å². The maximum absolute atomic E-state index is 13.9. The summed E-state index contributed by atoms with van der Waals surface area (Å²) in [6.07, 6.45) is 0.931. The first-order valence-electron chi connectivity index (χ1n) is 12.6. The Morgan fingerprint density at radius 2 is 1.55 bits per heavy atom. The van der Waals surface area contributed by atoms with Crippen LogP contribution in [0.1, 0.15) is 31.4 Å². The van der Waals surface area contributed by atoms with Crippen molar-refractivity contribution in [3.8, 4) is 0 Å². The Bertz CT molecular complexity index is 1310. The molecule has 1 N–H and O–H groups in total. The van der Waals surface area contributed by atoms with Crippen molar-refractivity contribution in [1.29, 1.82) is 0 Å². The molecule has 2 amide bonds. The molecule has 0 heterocycles. The quantitative estimate of drug-likeness (QED) is 0.319. The topological polar surface area (TPSA) is 86.8 Å². The van der Waals surface area contributed by atoms with Crippen molar-refractivity contribution in [1.82, 2.24) is 10.2 Å². The molecule has 0 aliphatic carbocycles. The summed E-state index contributed by atoms with van der Waals surface area (Å²) in [6.45, 7) is 5.81. The number of sulfonamides is 1. The molecule has 0 spiro atoms. The largest absolute Gasteiger partial charge is 0.355 e. The Morgan fingerprint density at radius 1 is 0.921 bits per heavy atom. The molecule has 0 bridgehead atoms. The highest BCUT2D eigenvalue weighted by atomic mass is 79.9. The van der Waals surface area contributed by atoms with Gasteiger partial charge in [0.2, 0.25) is 11.8 Å². The molecule has 0 saturated heterocycles. The number of rotatable bonds is 12. The van der Waals surface area contributed by atoms with Gasteiger partial charge in [0.05, 0.1) is 10.6 Å². The lowest BCUT2D eigenvalue weighted by Gasteiger charge is -2.33. The summed E-state index contributed by atoms with van der Waals surface area (Å²) in [6, 6.07) is 22.3. The van der Waals surface area contributed by atoms with Crippen LogP contribution in [0.15, 0.2) is 88.2 Å². The molecule has 0 aliphatic rings. The second-order valence-electron chi connectivity index (χ2n) is 8.94. The number of nitrogens with one attached hydrogen (secondary N) is 1. The van der Waals surface area contributed by atoms with Crippen LogP contribution in [0.4, 0.5) is 5.69 Å². The van der Waals surface area contributed by atoms with E-state index in [0.717, 1.165) is 19.9 Å². The van der Waals surface area contributed by atoms with E-state index in [9.17, 15) is 18.0 Å². The summed E-state index contributed by atoms with van der Waals surface area (Å²) < 4.78 is 29.5. The summed E-state index contributed by atoms with van der Waals surface area (Å²) in [5, 5.41) is 2.81. The van der Waals surface area contributed by atoms with Gasteiger partial charge in [0.15, 0.2) is 0 Å². The molecule has 202 valence electrons. The molecule has 1 atom stereocenters. The number of hydrogen-bond acceptors (Lipinski definition) is 4. The van der Waals surface area contributed by atoms with Crippen molar-refractivity contribution in [2.75, 3.05) is 23.9 Å². The number of anilines is 1. The zero-order valence-corrected chi connectivity index (χ0v) is 24.3. The minimum atomic E-state index is -4.07. The van der Waals surface area contributed by atoms with Gasteiger partial charge in [-0.1, -0.05) is 70.9 Å². The minimum absolute atomic E-state index is 0.0884. The van der Waals surface area contributed by atoms with Gasteiger partial charge in [0.25, 0.3) is 10.0 Å². The van der Waals surface area contributed by atoms with Gasteiger partial charge in [-0.15, -0.1) is 0 Å². The first kappa shape index (κ1) is 29.4. The molecular formula is C29H34BrN3O4S. The molecule has 3 rings (SSSR count). The summed E-state index contributed by atoms with van der Waals surface area (Å²) in [5.41, 5.74) is 2.30. The van der Waals surface area contributed by atoms with Crippen LogP contribution in [0.3, 0.4) is 0 Å². The standard InChI is InChI=1S/C29H34BrN3O4S/c1-4-27(29(35)31-5-2)32(20-19-23-9-7-6-8-10-23)28(34)21-33(25-15-13-24(30)14-16-25)38(36,37)26-17-11-22(3)12-18-26/h6-18,27H,4-5,19-21H2,1-3H3,(H,31,35). The van der Waals surface area contributed by atoms with E-state index in [0.29, 0.717) is 25.1 Å². The van der Waals surface area contributed by atoms with Gasteiger partial charge in [-0.2, -0.15) is 0 Å². The number of likely N-dealkylation sites (N-methyl/N-ethyl adjacent to an activating group) is 1. The van der Waals surface area contributed by atoms with E-state index >= 15 is 0 Å². The summed E-state index contributed by atoms with van der Waals surface area (Å²) in [5.74, 6) is -0.703. The highest BCUT2D eigenvalue weighted by Gasteiger charge is 2.33. The fraction of sp³-hybridized carbons (Fsp3) is 0.310. The van der Waals surface area contributed by atoms with Crippen LogP contribution in [0.25, 0.3) is 0 Å². The molecule has 3 aromatic rings. The number of nitrogens with zero attached hydrogens (tertiary/aromatic N) is 2. The Labute approximate surface area is 234 Å². The number of carbonyl (C=O) groups is 2. The average molecular weight is 601 g/mol. The fourth-order valence-electron chi connectivity index (χ4n) is 4.16. The van der Waals surface area contributed by atoms with E-state index in [2.05, 4.69) is 21.2 Å². The number of aryl methyl sites for hydroxylation is 1. The zero-order chi connectivity index (χ0) is 27.7. The van der Waals surface area contributed by atoms with Gasteiger partial charge in [0.1, 0.15) is 12.6 Å². The van der Waals surface area contributed by atoms with Crippen molar-refractivity contribution in [3.05, 3.63) is 94.5 Å². The van der Waals surface area contributed by atoms with E-state index in [1.54, 1.807) is 36.4 Å². The molecule has 0 radical (unpaired) electrons. The average Bonchev–Trinajstić information content (AvgIpc) is 2.91. The predicted molar refractivity (Wildman–Crippen MR) is 154 cm³/mol. The van der Waals surface area contributed by atoms with Gasteiger partial charge in [-0.05, 0) is 68.7 Å². The van der Waals surface area contributed by atoms with Crippen LogP contribution >= 0.6 is 15.9 Å². The number of hydrogen-bond donors (Lipinski definition) is 1. The zero-order valence-electron chi connectivity index (χ0n) is 21.9. The SMILES string of the molecule is CCNC(=O)C(CC)N(CCc1ccccc1)C(=O)CN(c1ccc(Br)cc1)S(=O)(=O)c1ccc(C)cc1. The summed E-state index contributed by atoms with van der Waals surface area (Å²) in [7, 11) is -4.07. The number of benzene rings is 3. The minimum Gasteiger partial charge on any atom is -0.355 e. The van der Waals surface area contributed by atoms with Crippen molar-refractivity contribution >= 4 is 43.5 Å². The second kappa shape index (κ2) is 13.6. The van der Waals surface area contributed by atoms with Crippen LogP contribution in [0.2, 0.25) is 0 Å². The number of amides is 2. The molecule has 9 heteroatoms. The van der Waals surface area contributed by atoms with Crippen molar-refractivity contribution < 1.29 is 18.0 Å². The maximum Gasteiger partial charge on any atom is 0.264 e. The molecular weight excluding hydrogens is 566 g/mol. The fourth-order valence-corrected chi connectivity index (χ4v) is 5.84. The highest BCUT2D eigenvalue weighted by molar-refractivity contribution is 9.10. The molecule has 0 aliphatic heterocycles. The van der Waals surface area contributed by atoms with E-state index in [1.165, 1.54) is 17.0 Å². The van der Waals surface area contributed by atoms with E-state index in [1.807, 2.05) is 51.1 Å². The van der Waals surface area contributed by atoms with Gasteiger partial charge in [0, 0.05) is 17.6 Å². The molecule has 38 heavy (non-hydrogen) atoms. The lowest BCUT2D eigenvalue weighted by atomic mass is 10.1. The third-order valence-electron chi connectivity index (χ3n) is 6.22. The van der Waals surface area contributed by atoms with Crippen LogP contribution in [-0.4, -0.2) is 50.8 Å². The Kier molecular flexibility index (Phi) is 10.5. The molecule has 1 unspecified atom stereocenters. The Balaban J connectivity index is 1.99. The lowest BCUT2D eigenvalue weighted by molar-refractivity contribution is -0.139. The summed E-state index contributed by atoms with van der Waals surface area (Å²) >= 11 is 3.39. The van der Waals surface area contributed by atoms with Crippen LogP contribution < -0.4 is 9.62 Å². The van der Waals surface area contributed by atoms with Gasteiger partial charge >= 0.3 is 0 Å². The summed E-state index contributed by atoms with van der Waals surface area (Å²) in [4.78, 5) is 28.4. The first-order chi connectivity index (χ1) is 18.2. The van der Waals surface area contributed by atoms with Crippen molar-refractivity contribution in [3.63, 3.8) is 0 Å². The molecule has 7 nitrogen and oxygen atoms in total. The lowest BCUT2D eigenvalue weighted by Crippen LogP contribution is -2.53. The van der Waals surface area contributed by atoms with Crippen LogP contribution in [0, 0.1) is 6.92 Å².